The summed E-state index contributed by atoms with van der Waals surface area (Å²) in [6.07, 6.45) is 6.14. The van der Waals surface area contributed by atoms with Gasteiger partial charge < -0.3 is 5.32 Å². The molecule has 0 bridgehead atoms. The zero-order valence-electron chi connectivity index (χ0n) is 12.2. The van der Waals surface area contributed by atoms with Crippen molar-refractivity contribution in [2.24, 2.45) is 0 Å². The van der Waals surface area contributed by atoms with E-state index in [-0.39, 0.29) is 0 Å². The number of rotatable bonds is 2. The average molecular weight is 313 g/mol. The fourth-order valence-electron chi connectivity index (χ4n) is 3.09. The van der Waals surface area contributed by atoms with Crippen LogP contribution in [0.5, 0.6) is 0 Å². The fraction of sp³-hybridized carbons (Fsp3) is 0.294. The van der Waals surface area contributed by atoms with E-state index < -0.39 is 0 Å². The summed E-state index contributed by atoms with van der Waals surface area (Å²) in [4.78, 5) is 4.88. The normalized spacial score (nSPS) is 18.7. The number of fused-ring (bicyclic) bond motifs is 1. The monoisotopic (exact) mass is 312 g/mol. The number of aromatic nitrogens is 3. The molecule has 0 saturated carbocycles. The molecule has 1 aliphatic rings. The van der Waals surface area contributed by atoms with Gasteiger partial charge in [0.15, 0.2) is 0 Å². The Balaban J connectivity index is 1.76. The van der Waals surface area contributed by atoms with Crippen LogP contribution in [0, 0.1) is 0 Å². The number of pyridine rings is 2. The molecule has 3 aromatic rings. The van der Waals surface area contributed by atoms with Gasteiger partial charge in [-0.05, 0) is 43.7 Å². The van der Waals surface area contributed by atoms with Crippen molar-refractivity contribution in [1.82, 2.24) is 19.9 Å². The summed E-state index contributed by atoms with van der Waals surface area (Å²) in [5, 5.41) is 8.54. The van der Waals surface area contributed by atoms with Gasteiger partial charge in [-0.2, -0.15) is 5.10 Å². The molecule has 1 aliphatic heterocycles. The van der Waals surface area contributed by atoms with Gasteiger partial charge in [0.25, 0.3) is 0 Å². The van der Waals surface area contributed by atoms with Crippen LogP contribution in [-0.4, -0.2) is 27.7 Å². The van der Waals surface area contributed by atoms with Gasteiger partial charge in [0.05, 0.1) is 17.4 Å². The molecule has 0 spiro atoms. The lowest BCUT2D eigenvalue weighted by atomic mass is 9.95. The van der Waals surface area contributed by atoms with Crippen molar-refractivity contribution in [3.63, 3.8) is 0 Å². The van der Waals surface area contributed by atoms with E-state index in [0.717, 1.165) is 35.6 Å². The second kappa shape index (κ2) is 5.71. The molecule has 112 valence electrons. The van der Waals surface area contributed by atoms with Gasteiger partial charge in [0.2, 0.25) is 0 Å². The number of piperidine rings is 1. The summed E-state index contributed by atoms with van der Waals surface area (Å²) < 4.78 is 1.83. The van der Waals surface area contributed by atoms with Crippen LogP contribution in [0.1, 0.15) is 24.5 Å². The molecular formula is C17H17ClN4. The minimum Gasteiger partial charge on any atom is -0.316 e. The van der Waals surface area contributed by atoms with Gasteiger partial charge in [-0.15, -0.1) is 0 Å². The Morgan fingerprint density at radius 2 is 2.23 bits per heavy atom. The fourth-order valence-corrected chi connectivity index (χ4v) is 3.25. The maximum Gasteiger partial charge on any atom is 0.0770 e. The van der Waals surface area contributed by atoms with E-state index in [1.54, 1.807) is 0 Å². The van der Waals surface area contributed by atoms with Gasteiger partial charge >= 0.3 is 0 Å². The molecule has 1 saturated heterocycles. The standard InChI is InChI=1S/C17H17ClN4/c18-13-6-8-22-17(9-13)14(11-20-22)16-5-1-4-15(21-16)12-3-2-7-19-10-12/h1,4-6,8-9,11-12,19H,2-3,7,10H2/t12-/m1/s1. The van der Waals surface area contributed by atoms with Crippen LogP contribution in [0.3, 0.4) is 0 Å². The van der Waals surface area contributed by atoms with E-state index in [9.17, 15) is 0 Å². The second-order valence-corrected chi connectivity index (χ2v) is 6.16. The highest BCUT2D eigenvalue weighted by Crippen LogP contribution is 2.28. The first kappa shape index (κ1) is 13.7. The van der Waals surface area contributed by atoms with Gasteiger partial charge in [-0.3, -0.25) is 4.98 Å². The van der Waals surface area contributed by atoms with Crippen LogP contribution in [0.4, 0.5) is 0 Å². The summed E-state index contributed by atoms with van der Waals surface area (Å²) >= 11 is 6.12. The predicted octanol–water partition coefficient (Wildman–Crippen LogP) is 3.52. The molecule has 5 heteroatoms. The third-order valence-corrected chi connectivity index (χ3v) is 4.48. The van der Waals surface area contributed by atoms with Crippen molar-refractivity contribution in [2.45, 2.75) is 18.8 Å². The summed E-state index contributed by atoms with van der Waals surface area (Å²) in [6.45, 7) is 2.12. The zero-order chi connectivity index (χ0) is 14.9. The Kier molecular flexibility index (Phi) is 3.56. The van der Waals surface area contributed by atoms with Crippen molar-refractivity contribution >= 4 is 17.1 Å². The molecule has 22 heavy (non-hydrogen) atoms. The number of hydrogen-bond donors (Lipinski definition) is 1. The van der Waals surface area contributed by atoms with E-state index >= 15 is 0 Å². The lowest BCUT2D eigenvalue weighted by Crippen LogP contribution is -2.28. The molecule has 0 aromatic carbocycles. The van der Waals surface area contributed by atoms with Gasteiger partial charge in [0, 0.05) is 34.9 Å². The Morgan fingerprint density at radius 1 is 1.27 bits per heavy atom. The Morgan fingerprint density at radius 3 is 3.09 bits per heavy atom. The van der Waals surface area contributed by atoms with Crippen LogP contribution in [0.2, 0.25) is 5.02 Å². The first-order chi connectivity index (χ1) is 10.8. The molecule has 3 aromatic heterocycles. The van der Waals surface area contributed by atoms with E-state index in [4.69, 9.17) is 16.6 Å². The van der Waals surface area contributed by atoms with E-state index in [0.29, 0.717) is 10.9 Å². The summed E-state index contributed by atoms with van der Waals surface area (Å²) in [6, 6.07) is 10.0. The van der Waals surface area contributed by atoms with Crippen LogP contribution >= 0.6 is 11.6 Å². The molecule has 1 atom stereocenters. The lowest BCUT2D eigenvalue weighted by molar-refractivity contribution is 0.455. The Hall–Kier alpha value is -1.91. The summed E-state index contributed by atoms with van der Waals surface area (Å²) in [5.41, 5.74) is 4.12. The smallest absolute Gasteiger partial charge is 0.0770 e. The minimum absolute atomic E-state index is 0.499. The lowest BCUT2D eigenvalue weighted by Gasteiger charge is -2.22. The van der Waals surface area contributed by atoms with Crippen LogP contribution in [-0.2, 0) is 0 Å². The quantitative estimate of drug-likeness (QED) is 0.787. The van der Waals surface area contributed by atoms with Crippen molar-refractivity contribution in [2.75, 3.05) is 13.1 Å². The summed E-state index contributed by atoms with van der Waals surface area (Å²) in [7, 11) is 0. The molecule has 4 rings (SSSR count). The SMILES string of the molecule is Clc1ccn2ncc(-c3cccc([C@@H]4CCCNC4)n3)c2c1. The van der Waals surface area contributed by atoms with E-state index in [1.807, 2.05) is 35.1 Å². The third kappa shape index (κ3) is 2.49. The molecule has 0 radical (unpaired) electrons. The Bertz CT molecular complexity index is 805. The first-order valence-electron chi connectivity index (χ1n) is 7.62. The topological polar surface area (TPSA) is 42.2 Å². The second-order valence-electron chi connectivity index (χ2n) is 5.72. The molecule has 0 amide bonds. The van der Waals surface area contributed by atoms with Crippen LogP contribution in [0.25, 0.3) is 16.8 Å². The van der Waals surface area contributed by atoms with E-state index in [1.165, 1.54) is 12.8 Å². The van der Waals surface area contributed by atoms with Crippen LogP contribution in [0.15, 0.2) is 42.7 Å². The highest BCUT2D eigenvalue weighted by molar-refractivity contribution is 6.31. The van der Waals surface area contributed by atoms with Gasteiger partial charge in [-0.25, -0.2) is 4.52 Å². The number of nitrogens with one attached hydrogen (secondary N) is 1. The molecule has 4 nitrogen and oxygen atoms in total. The number of halogens is 1. The highest BCUT2D eigenvalue weighted by atomic mass is 35.5. The predicted molar refractivity (Wildman–Crippen MR) is 88.3 cm³/mol. The van der Waals surface area contributed by atoms with Crippen molar-refractivity contribution in [3.05, 3.63) is 53.4 Å². The Labute approximate surface area is 134 Å². The van der Waals surface area contributed by atoms with Gasteiger partial charge in [-0.1, -0.05) is 17.7 Å². The molecule has 1 N–H and O–H groups in total. The maximum atomic E-state index is 6.12. The molecule has 0 aliphatic carbocycles. The average Bonchev–Trinajstić information content (AvgIpc) is 2.99. The minimum atomic E-state index is 0.499. The van der Waals surface area contributed by atoms with Crippen LogP contribution < -0.4 is 5.32 Å². The van der Waals surface area contributed by atoms with Crippen molar-refractivity contribution in [1.29, 1.82) is 0 Å². The van der Waals surface area contributed by atoms with Crippen molar-refractivity contribution in [3.8, 4) is 11.3 Å². The maximum absolute atomic E-state index is 6.12. The molecular weight excluding hydrogens is 296 g/mol. The first-order valence-corrected chi connectivity index (χ1v) is 8.00. The molecule has 1 fully saturated rings. The summed E-state index contributed by atoms with van der Waals surface area (Å²) in [5.74, 6) is 0.499. The number of hydrogen-bond acceptors (Lipinski definition) is 3. The largest absolute Gasteiger partial charge is 0.316 e. The van der Waals surface area contributed by atoms with Crippen molar-refractivity contribution < 1.29 is 0 Å². The number of nitrogens with zero attached hydrogens (tertiary/aromatic N) is 3. The third-order valence-electron chi connectivity index (χ3n) is 4.25. The highest BCUT2D eigenvalue weighted by Gasteiger charge is 2.17. The van der Waals surface area contributed by atoms with E-state index in [2.05, 4.69) is 22.5 Å². The zero-order valence-corrected chi connectivity index (χ0v) is 12.9. The van der Waals surface area contributed by atoms with Gasteiger partial charge in [0.1, 0.15) is 0 Å². The molecule has 4 heterocycles. The molecule has 0 unspecified atom stereocenters.